The van der Waals surface area contributed by atoms with Crippen LogP contribution in [0.2, 0.25) is 0 Å². The number of amides is 8. The Morgan fingerprint density at radius 2 is 0.646 bits per heavy atom. The highest BCUT2D eigenvalue weighted by molar-refractivity contribution is 7.80. The van der Waals surface area contributed by atoms with Crippen molar-refractivity contribution in [3.63, 3.8) is 0 Å². The maximum Gasteiger partial charge on any atom is 0.327 e. The van der Waals surface area contributed by atoms with Gasteiger partial charge in [-0.25, -0.2) is 4.79 Å². The zero-order valence-electron chi connectivity index (χ0n) is 45.3. The van der Waals surface area contributed by atoms with E-state index in [1.807, 2.05) is 0 Å². The summed E-state index contributed by atoms with van der Waals surface area (Å²) in [5, 5.41) is 30.2. The monoisotopic (exact) mass is 1180 g/mol. The SMILES string of the molecule is CC[C@H](C)[C@H](NC(=O)[C@H](CCCN=C(N)N)NC(=O)[C@H](CCCN=C(N)N)NC(=O)[C@H](CCCN=C(N)N)NC(=O)[C@H](CS)NC(=O)[C@@H](NC(=O)[C@H](CS)NC(=O)[C@@H](N)CCCN=C(N)N)[C@@H](C)CC)C(=O)N[C@@H](CS)C(=O)O. The van der Waals surface area contributed by atoms with Crippen LogP contribution in [0.3, 0.4) is 0 Å². The molecule has 79 heavy (non-hydrogen) atoms. The number of nitrogens with two attached hydrogens (primary N) is 9. The van der Waals surface area contributed by atoms with Crippen LogP contribution in [-0.2, 0) is 43.2 Å². The Morgan fingerprint density at radius 1 is 0.392 bits per heavy atom. The molecule has 0 aromatic carbocycles. The molecular weight excluding hydrogens is 1090 g/mol. The molecule has 0 radical (unpaired) electrons. The van der Waals surface area contributed by atoms with E-state index in [0.29, 0.717) is 19.3 Å². The minimum Gasteiger partial charge on any atom is -0.480 e. The molecule has 27 N–H and O–H groups in total. The summed E-state index contributed by atoms with van der Waals surface area (Å²) in [6.45, 7) is 7.10. The van der Waals surface area contributed by atoms with Crippen molar-refractivity contribution in [2.75, 3.05) is 43.4 Å². The molecule has 11 atom stereocenters. The van der Waals surface area contributed by atoms with Gasteiger partial charge in [0.15, 0.2) is 23.8 Å². The maximum atomic E-state index is 14.4. The standard InChI is InChI=1S/C45H87N21O10S3/c1-5-22(3)31(66-38(72)29(20-78)62-33(67)24(46)11-7-15-55-42(47)48)39(73)63-28(19-77)37(71)61-26(13-9-17-57-44(51)52)35(69)59-25(12-8-16-56-43(49)50)34(68)60-27(14-10-18-58-45(53)54)36(70)65-32(23(4)6-2)40(74)64-30(21-79)41(75)76/h22-32,77-79H,5-21,46H2,1-4H3,(H,59,69)(H,60,68)(H,61,71)(H,62,67)(H,63,73)(H,64,74)(H,65,70)(H,66,72)(H,75,76)(H4,47,48,55)(H4,49,50,56)(H4,51,52,57)(H4,53,54,58)/t22-,23-,24-,25-,26-,27-,28-,29-,30-,31-,32-/m0/s1. The number of carboxylic acid groups (broad SMARTS) is 1. The Bertz CT molecular complexity index is 2110. The molecule has 0 spiro atoms. The van der Waals surface area contributed by atoms with Crippen molar-refractivity contribution in [1.82, 2.24) is 42.5 Å². The first-order chi connectivity index (χ1) is 37.2. The van der Waals surface area contributed by atoms with Crippen LogP contribution in [0.25, 0.3) is 0 Å². The molecule has 0 saturated heterocycles. The lowest BCUT2D eigenvalue weighted by molar-refractivity contribution is -0.142. The summed E-state index contributed by atoms with van der Waals surface area (Å²) in [5.74, 6) is -10.6. The van der Waals surface area contributed by atoms with Crippen molar-refractivity contribution in [2.45, 2.75) is 146 Å². The number of rotatable bonds is 40. The number of aliphatic imine (C=N–C) groups is 4. The lowest BCUT2D eigenvalue weighted by atomic mass is 9.97. The first kappa shape index (κ1) is 72.3. The number of hydrogen-bond acceptors (Lipinski definition) is 17. The number of nitrogens with one attached hydrogen (secondary N) is 8. The predicted molar refractivity (Wildman–Crippen MR) is 311 cm³/mol. The van der Waals surface area contributed by atoms with E-state index in [0.717, 1.165) is 0 Å². The number of carboxylic acids is 1. The third-order valence-corrected chi connectivity index (χ3v) is 13.1. The van der Waals surface area contributed by atoms with Crippen molar-refractivity contribution in [1.29, 1.82) is 0 Å². The van der Waals surface area contributed by atoms with Crippen LogP contribution in [-0.4, -0.2) is 180 Å². The molecule has 0 aliphatic carbocycles. The van der Waals surface area contributed by atoms with Gasteiger partial charge in [0.1, 0.15) is 48.3 Å². The second kappa shape index (κ2) is 39.6. The molecule has 34 heteroatoms. The fourth-order valence-corrected chi connectivity index (χ4v) is 7.83. The predicted octanol–water partition coefficient (Wildman–Crippen LogP) is -6.63. The van der Waals surface area contributed by atoms with Crippen molar-refractivity contribution in [3.05, 3.63) is 0 Å². The molecule has 450 valence electrons. The van der Waals surface area contributed by atoms with Gasteiger partial charge in [0.25, 0.3) is 0 Å². The van der Waals surface area contributed by atoms with Crippen LogP contribution in [0.4, 0.5) is 0 Å². The molecule has 0 saturated carbocycles. The number of aliphatic carboxylic acids is 1. The van der Waals surface area contributed by atoms with Gasteiger partial charge in [-0.05, 0) is 63.2 Å². The van der Waals surface area contributed by atoms with E-state index in [2.05, 4.69) is 100 Å². The summed E-state index contributed by atoms with van der Waals surface area (Å²) in [7, 11) is 0. The van der Waals surface area contributed by atoms with Crippen molar-refractivity contribution in [3.8, 4) is 0 Å². The van der Waals surface area contributed by atoms with E-state index in [-0.39, 0.29) is 112 Å². The zero-order chi connectivity index (χ0) is 60.4. The van der Waals surface area contributed by atoms with Crippen molar-refractivity contribution in [2.24, 2.45) is 83.4 Å². The Kier molecular flexibility index (Phi) is 36.3. The molecule has 0 aromatic heterocycles. The first-order valence-corrected chi connectivity index (χ1v) is 27.5. The fraction of sp³-hybridized carbons (Fsp3) is 0.711. The Hall–Kier alpha value is -6.68. The molecule has 0 rings (SSSR count). The minimum absolute atomic E-state index is 0.000712. The molecule has 0 bridgehead atoms. The lowest BCUT2D eigenvalue weighted by Crippen LogP contribution is -2.61. The van der Waals surface area contributed by atoms with Crippen LogP contribution < -0.4 is 94.1 Å². The van der Waals surface area contributed by atoms with E-state index < -0.39 is 119 Å². The smallest absolute Gasteiger partial charge is 0.327 e. The van der Waals surface area contributed by atoms with Gasteiger partial charge in [-0.1, -0.05) is 40.5 Å². The van der Waals surface area contributed by atoms with Crippen LogP contribution in [0.1, 0.15) is 91.9 Å². The van der Waals surface area contributed by atoms with Gasteiger partial charge < -0.3 is 99.2 Å². The van der Waals surface area contributed by atoms with E-state index in [9.17, 15) is 48.3 Å². The van der Waals surface area contributed by atoms with Gasteiger partial charge in [-0.2, -0.15) is 37.9 Å². The average molecular weight is 1180 g/mol. The quantitative estimate of drug-likeness (QED) is 0.0117. The lowest BCUT2D eigenvalue weighted by Gasteiger charge is -2.29. The number of thiol groups is 3. The third-order valence-electron chi connectivity index (χ3n) is 12.1. The third kappa shape index (κ3) is 29.8. The fourth-order valence-electron chi connectivity index (χ4n) is 7.07. The van der Waals surface area contributed by atoms with E-state index in [4.69, 9.17) is 51.6 Å². The van der Waals surface area contributed by atoms with Gasteiger partial charge in [0, 0.05) is 43.4 Å². The molecule has 0 aliphatic rings. The number of carbonyl (C=O) groups is 9. The summed E-state index contributed by atoms with van der Waals surface area (Å²) >= 11 is 12.5. The van der Waals surface area contributed by atoms with E-state index >= 15 is 0 Å². The first-order valence-electron chi connectivity index (χ1n) is 25.6. The molecular formula is C45H87N21O10S3. The minimum atomic E-state index is -1.44. The van der Waals surface area contributed by atoms with Crippen LogP contribution >= 0.6 is 37.9 Å². The normalized spacial score (nSPS) is 15.0. The highest BCUT2D eigenvalue weighted by Crippen LogP contribution is 2.13. The summed E-state index contributed by atoms with van der Waals surface area (Å²) in [6.07, 6.45) is 1.28. The van der Waals surface area contributed by atoms with Gasteiger partial charge >= 0.3 is 5.97 Å². The molecule has 0 aromatic rings. The highest BCUT2D eigenvalue weighted by Gasteiger charge is 2.36. The number of guanidine groups is 4. The Balaban J connectivity index is 6.91. The van der Waals surface area contributed by atoms with E-state index in [1.165, 1.54) is 0 Å². The molecule has 8 amide bonds. The molecule has 0 heterocycles. The van der Waals surface area contributed by atoms with Gasteiger partial charge in [0.05, 0.1) is 6.04 Å². The van der Waals surface area contributed by atoms with Crippen molar-refractivity contribution >= 4 is 115 Å². The summed E-state index contributed by atoms with van der Waals surface area (Å²) in [6, 6.07) is -11.8. The number of nitrogens with zero attached hydrogens (tertiary/aromatic N) is 4. The van der Waals surface area contributed by atoms with Crippen LogP contribution in [0.5, 0.6) is 0 Å². The molecule has 0 aliphatic heterocycles. The number of carbonyl (C=O) groups excluding carboxylic acids is 8. The largest absolute Gasteiger partial charge is 0.480 e. The highest BCUT2D eigenvalue weighted by atomic mass is 32.1. The molecule has 0 fully saturated rings. The maximum absolute atomic E-state index is 14.4. The molecule has 0 unspecified atom stereocenters. The van der Waals surface area contributed by atoms with Crippen LogP contribution in [0.15, 0.2) is 20.0 Å². The van der Waals surface area contributed by atoms with E-state index in [1.54, 1.807) is 27.7 Å². The summed E-state index contributed by atoms with van der Waals surface area (Å²) in [4.78, 5) is 138. The second-order valence-corrected chi connectivity index (χ2v) is 19.5. The zero-order valence-corrected chi connectivity index (χ0v) is 48.0. The Morgan fingerprint density at radius 3 is 0.937 bits per heavy atom. The average Bonchev–Trinajstić information content (AvgIpc) is 3.39. The molecule has 31 nitrogen and oxygen atoms in total. The van der Waals surface area contributed by atoms with Gasteiger partial charge in [0.2, 0.25) is 47.3 Å². The van der Waals surface area contributed by atoms with Crippen LogP contribution in [0, 0.1) is 11.8 Å². The summed E-state index contributed by atoms with van der Waals surface area (Å²) in [5.41, 5.74) is 49.8. The topological polar surface area (TPSA) is 554 Å². The summed E-state index contributed by atoms with van der Waals surface area (Å²) < 4.78 is 0. The van der Waals surface area contributed by atoms with Gasteiger partial charge in [-0.3, -0.25) is 58.3 Å². The van der Waals surface area contributed by atoms with Crippen molar-refractivity contribution < 1.29 is 48.3 Å². The Labute approximate surface area is 477 Å². The number of hydrogen-bond donors (Lipinski definition) is 21. The second-order valence-electron chi connectivity index (χ2n) is 18.4. The van der Waals surface area contributed by atoms with Gasteiger partial charge in [-0.15, -0.1) is 0 Å².